The Labute approximate surface area is 110 Å². The third-order valence-electron chi connectivity index (χ3n) is 2.79. The molecule has 2 aromatic rings. The van der Waals surface area contributed by atoms with Gasteiger partial charge >= 0.3 is 0 Å². The zero-order valence-corrected chi connectivity index (χ0v) is 10.6. The lowest BCUT2D eigenvalue weighted by Crippen LogP contribution is -1.93. The van der Waals surface area contributed by atoms with Crippen LogP contribution in [-0.4, -0.2) is 19.1 Å². The van der Waals surface area contributed by atoms with Gasteiger partial charge in [0.05, 0.1) is 19.1 Å². The average Bonchev–Trinajstić information content (AvgIpc) is 2.43. The van der Waals surface area contributed by atoms with Crippen molar-refractivity contribution in [3.05, 3.63) is 52.2 Å². The maximum Gasteiger partial charge on any atom is 0.235 e. The topological polar surface area (TPSA) is 61.6 Å². The van der Waals surface area contributed by atoms with Crippen LogP contribution in [0.5, 0.6) is 11.5 Å². The van der Waals surface area contributed by atoms with E-state index in [0.29, 0.717) is 17.1 Å². The highest BCUT2D eigenvalue weighted by Crippen LogP contribution is 2.37. The Kier molecular flexibility index (Phi) is 3.66. The van der Waals surface area contributed by atoms with Gasteiger partial charge in [-0.25, -0.2) is 0 Å². The van der Waals surface area contributed by atoms with Gasteiger partial charge in [-0.2, -0.15) is 0 Å². The maximum atomic E-state index is 10.4. The number of nitro groups is 1. The van der Waals surface area contributed by atoms with Gasteiger partial charge in [0.1, 0.15) is 11.5 Å². The second-order valence-electron chi connectivity index (χ2n) is 3.85. The van der Waals surface area contributed by atoms with Gasteiger partial charge < -0.3 is 9.47 Å². The molecule has 0 spiro atoms. The van der Waals surface area contributed by atoms with Crippen LogP contribution in [0.15, 0.2) is 36.5 Å². The lowest BCUT2D eigenvalue weighted by molar-refractivity contribution is -0.400. The van der Waals surface area contributed by atoms with Crippen molar-refractivity contribution >= 4 is 16.8 Å². The number of fused-ring (bicyclic) bond motifs is 1. The van der Waals surface area contributed by atoms with Crippen LogP contribution in [0.4, 0.5) is 0 Å². The molecule has 2 rings (SSSR count). The fourth-order valence-electron chi connectivity index (χ4n) is 2.00. The van der Waals surface area contributed by atoms with E-state index in [1.807, 2.05) is 24.3 Å². The minimum absolute atomic E-state index is 0.513. The minimum atomic E-state index is -0.513. The first-order valence-corrected chi connectivity index (χ1v) is 5.62. The van der Waals surface area contributed by atoms with Gasteiger partial charge in [0, 0.05) is 22.4 Å². The molecule has 0 fully saturated rings. The number of hydrogen-bond acceptors (Lipinski definition) is 4. The fraction of sp³-hybridized carbons (Fsp3) is 0.143. The van der Waals surface area contributed by atoms with Crippen LogP contribution in [0.25, 0.3) is 16.8 Å². The van der Waals surface area contributed by atoms with E-state index < -0.39 is 4.92 Å². The molecule has 0 aliphatic heterocycles. The number of benzene rings is 2. The van der Waals surface area contributed by atoms with Gasteiger partial charge in [-0.1, -0.05) is 24.3 Å². The first kappa shape index (κ1) is 12.9. The molecule has 0 saturated heterocycles. The fourth-order valence-corrected chi connectivity index (χ4v) is 2.00. The van der Waals surface area contributed by atoms with E-state index >= 15 is 0 Å². The van der Waals surface area contributed by atoms with Gasteiger partial charge in [-0.05, 0) is 6.07 Å². The van der Waals surface area contributed by atoms with Crippen LogP contribution >= 0.6 is 0 Å². The quantitative estimate of drug-likeness (QED) is 0.625. The minimum Gasteiger partial charge on any atom is -0.496 e. The van der Waals surface area contributed by atoms with Crippen molar-refractivity contribution in [3.8, 4) is 11.5 Å². The molecule has 0 radical (unpaired) electrons. The predicted molar refractivity (Wildman–Crippen MR) is 73.1 cm³/mol. The van der Waals surface area contributed by atoms with Crippen LogP contribution in [0.3, 0.4) is 0 Å². The summed E-state index contributed by atoms with van der Waals surface area (Å²) in [5.41, 5.74) is 0.606. The molecular formula is C14H13NO4. The molecule has 98 valence electrons. The Bertz CT molecular complexity index is 649. The summed E-state index contributed by atoms with van der Waals surface area (Å²) in [4.78, 5) is 9.92. The maximum absolute atomic E-state index is 10.4. The number of nitrogens with zero attached hydrogens (tertiary/aromatic N) is 1. The molecule has 0 atom stereocenters. The molecule has 0 N–H and O–H groups in total. The lowest BCUT2D eigenvalue weighted by atomic mass is 10.0. The molecule has 0 aromatic heterocycles. The normalized spacial score (nSPS) is 10.8. The number of rotatable bonds is 4. The second kappa shape index (κ2) is 5.39. The van der Waals surface area contributed by atoms with E-state index in [0.717, 1.165) is 17.0 Å². The molecule has 0 bridgehead atoms. The summed E-state index contributed by atoms with van der Waals surface area (Å²) in [7, 11) is 3.10. The largest absolute Gasteiger partial charge is 0.496 e. The van der Waals surface area contributed by atoms with Crippen molar-refractivity contribution < 1.29 is 14.4 Å². The van der Waals surface area contributed by atoms with E-state index in [-0.39, 0.29) is 0 Å². The van der Waals surface area contributed by atoms with Crippen molar-refractivity contribution in [1.82, 2.24) is 0 Å². The smallest absolute Gasteiger partial charge is 0.235 e. The Morgan fingerprint density at radius 3 is 2.42 bits per heavy atom. The summed E-state index contributed by atoms with van der Waals surface area (Å²) in [5.74, 6) is 1.24. The van der Waals surface area contributed by atoms with Crippen molar-refractivity contribution in [2.75, 3.05) is 14.2 Å². The summed E-state index contributed by atoms with van der Waals surface area (Å²) >= 11 is 0. The SMILES string of the molecule is COc1cc(/C=C/[N+](=O)[O-])c(OC)c2ccccc12. The highest BCUT2D eigenvalue weighted by atomic mass is 16.6. The van der Waals surface area contributed by atoms with Gasteiger partial charge in [-0.3, -0.25) is 10.1 Å². The highest BCUT2D eigenvalue weighted by molar-refractivity contribution is 5.96. The van der Waals surface area contributed by atoms with E-state index in [1.54, 1.807) is 13.2 Å². The van der Waals surface area contributed by atoms with Gasteiger partial charge in [-0.15, -0.1) is 0 Å². The van der Waals surface area contributed by atoms with Crippen LogP contribution < -0.4 is 9.47 Å². The number of hydrogen-bond donors (Lipinski definition) is 0. The molecule has 0 amide bonds. The summed E-state index contributed by atoms with van der Waals surface area (Å²) in [6.07, 6.45) is 2.28. The first-order valence-electron chi connectivity index (χ1n) is 5.62. The third-order valence-corrected chi connectivity index (χ3v) is 2.79. The summed E-state index contributed by atoms with van der Waals surface area (Å²) < 4.78 is 10.7. The Morgan fingerprint density at radius 1 is 1.16 bits per heavy atom. The standard InChI is InChI=1S/C14H13NO4/c1-18-13-9-10(7-8-15(16)17)14(19-2)12-6-4-3-5-11(12)13/h3-9H,1-2H3/b8-7+. The highest BCUT2D eigenvalue weighted by Gasteiger charge is 2.11. The molecule has 0 saturated carbocycles. The van der Waals surface area contributed by atoms with Gasteiger partial charge in [0.15, 0.2) is 0 Å². The second-order valence-corrected chi connectivity index (χ2v) is 3.85. The van der Waals surface area contributed by atoms with E-state index in [4.69, 9.17) is 9.47 Å². The molecule has 19 heavy (non-hydrogen) atoms. The van der Waals surface area contributed by atoms with Crippen molar-refractivity contribution in [1.29, 1.82) is 0 Å². The zero-order valence-electron chi connectivity index (χ0n) is 10.6. The molecule has 0 aliphatic rings. The van der Waals surface area contributed by atoms with E-state index in [2.05, 4.69) is 0 Å². The first-order chi connectivity index (χ1) is 9.17. The summed E-state index contributed by atoms with van der Waals surface area (Å²) in [6, 6.07) is 9.31. The van der Waals surface area contributed by atoms with E-state index in [1.165, 1.54) is 13.2 Å². The van der Waals surface area contributed by atoms with Gasteiger partial charge in [0.25, 0.3) is 0 Å². The Balaban J connectivity index is 2.73. The number of methoxy groups -OCH3 is 2. The monoisotopic (exact) mass is 259 g/mol. The van der Waals surface area contributed by atoms with Crippen LogP contribution in [0.2, 0.25) is 0 Å². The molecular weight excluding hydrogens is 246 g/mol. The van der Waals surface area contributed by atoms with Crippen molar-refractivity contribution in [2.24, 2.45) is 0 Å². The molecule has 5 heteroatoms. The summed E-state index contributed by atoms with van der Waals surface area (Å²) in [6.45, 7) is 0. The number of ether oxygens (including phenoxy) is 2. The van der Waals surface area contributed by atoms with Crippen molar-refractivity contribution in [2.45, 2.75) is 0 Å². The summed E-state index contributed by atoms with van der Waals surface area (Å²) in [5, 5.41) is 12.2. The predicted octanol–water partition coefficient (Wildman–Crippen LogP) is 3.10. The van der Waals surface area contributed by atoms with Crippen LogP contribution in [0.1, 0.15) is 5.56 Å². The van der Waals surface area contributed by atoms with Crippen LogP contribution in [0, 0.1) is 10.1 Å². The molecule has 2 aromatic carbocycles. The molecule has 0 aliphatic carbocycles. The average molecular weight is 259 g/mol. The van der Waals surface area contributed by atoms with Crippen molar-refractivity contribution in [3.63, 3.8) is 0 Å². The molecule has 0 heterocycles. The Morgan fingerprint density at radius 2 is 1.84 bits per heavy atom. The Hall–Kier alpha value is -2.56. The third kappa shape index (κ3) is 2.49. The lowest BCUT2D eigenvalue weighted by Gasteiger charge is -2.12. The zero-order chi connectivity index (χ0) is 13.8. The van der Waals surface area contributed by atoms with Gasteiger partial charge in [0.2, 0.25) is 6.20 Å². The molecule has 5 nitrogen and oxygen atoms in total. The van der Waals surface area contributed by atoms with E-state index in [9.17, 15) is 10.1 Å². The molecule has 0 unspecified atom stereocenters. The van der Waals surface area contributed by atoms with Crippen LogP contribution in [-0.2, 0) is 0 Å².